The van der Waals surface area contributed by atoms with Gasteiger partial charge in [-0.25, -0.2) is 4.79 Å². The maximum atomic E-state index is 13.3. The monoisotopic (exact) mass is 480 g/mol. The third-order valence-electron chi connectivity index (χ3n) is 5.80. The highest BCUT2D eigenvalue weighted by atomic mass is 16.2. The SMILES string of the molecule is C=CCNC(=O)N[C@H]1C[C@@H](C(=O)N[C@H](Cc2c[nH]c3ccccc23)C(N)=O)N(C(=O)C=C(C)C)C1. The molecular weight excluding hydrogens is 448 g/mol. The average Bonchev–Trinajstić information content (AvgIpc) is 3.41. The number of primary amides is 1. The largest absolute Gasteiger partial charge is 0.368 e. The van der Waals surface area contributed by atoms with Crippen LogP contribution in [0.15, 0.2) is 54.8 Å². The Labute approximate surface area is 204 Å². The van der Waals surface area contributed by atoms with Crippen LogP contribution in [0.25, 0.3) is 10.9 Å². The lowest BCUT2D eigenvalue weighted by molar-refractivity contribution is -0.136. The predicted molar refractivity (Wildman–Crippen MR) is 133 cm³/mol. The Balaban J connectivity index is 1.76. The second-order valence-electron chi connectivity index (χ2n) is 8.83. The van der Waals surface area contributed by atoms with Crippen LogP contribution in [0.5, 0.6) is 0 Å². The van der Waals surface area contributed by atoms with Gasteiger partial charge in [0.25, 0.3) is 0 Å². The molecule has 3 rings (SSSR count). The number of aromatic nitrogens is 1. The molecule has 0 spiro atoms. The van der Waals surface area contributed by atoms with Gasteiger partial charge in [0.05, 0.1) is 6.04 Å². The zero-order valence-electron chi connectivity index (χ0n) is 20.0. The average molecular weight is 481 g/mol. The molecule has 1 aliphatic rings. The van der Waals surface area contributed by atoms with Crippen LogP contribution < -0.4 is 21.7 Å². The number of hydrogen-bond acceptors (Lipinski definition) is 4. The molecule has 10 nitrogen and oxygen atoms in total. The van der Waals surface area contributed by atoms with E-state index < -0.39 is 36.0 Å². The number of nitrogens with two attached hydrogens (primary N) is 1. The number of carbonyl (C=O) groups excluding carboxylic acids is 4. The van der Waals surface area contributed by atoms with Crippen molar-refractivity contribution in [2.45, 2.75) is 44.8 Å². The van der Waals surface area contributed by atoms with Crippen LogP contribution in [0.3, 0.4) is 0 Å². The van der Waals surface area contributed by atoms with Crippen LogP contribution in [0.4, 0.5) is 4.79 Å². The first kappa shape index (κ1) is 25.5. The standard InChI is InChI=1S/C25H32N6O4/c1-4-9-27-25(35)29-17-12-21(31(14-17)22(32)10-15(2)3)24(34)30-20(23(26)33)11-16-13-28-19-8-6-5-7-18(16)19/h4-8,10,13,17,20-21,28H,1,9,11-12,14H2,2-3H3,(H2,26,33)(H,30,34)(H2,27,29,35)/t17-,20+,21-/m0/s1. The molecule has 5 amide bonds. The lowest BCUT2D eigenvalue weighted by atomic mass is 10.0. The number of fused-ring (bicyclic) bond motifs is 1. The summed E-state index contributed by atoms with van der Waals surface area (Å²) in [5.74, 6) is -1.52. The third-order valence-corrected chi connectivity index (χ3v) is 5.80. The van der Waals surface area contributed by atoms with E-state index in [1.165, 1.54) is 11.0 Å². The maximum Gasteiger partial charge on any atom is 0.315 e. The summed E-state index contributed by atoms with van der Waals surface area (Å²) in [6.45, 7) is 7.57. The summed E-state index contributed by atoms with van der Waals surface area (Å²) in [5.41, 5.74) is 8.15. The first-order chi connectivity index (χ1) is 16.7. The van der Waals surface area contributed by atoms with Gasteiger partial charge in [-0.2, -0.15) is 0 Å². The van der Waals surface area contributed by atoms with E-state index in [9.17, 15) is 19.2 Å². The number of likely N-dealkylation sites (tertiary alicyclic amines) is 1. The summed E-state index contributed by atoms with van der Waals surface area (Å²) in [6, 6.07) is 4.94. The van der Waals surface area contributed by atoms with E-state index in [1.807, 2.05) is 24.3 Å². The summed E-state index contributed by atoms with van der Waals surface area (Å²) in [7, 11) is 0. The molecule has 1 aromatic carbocycles. The summed E-state index contributed by atoms with van der Waals surface area (Å²) in [4.78, 5) is 55.0. The summed E-state index contributed by atoms with van der Waals surface area (Å²) >= 11 is 0. The van der Waals surface area contributed by atoms with Gasteiger partial charge in [0.2, 0.25) is 17.7 Å². The van der Waals surface area contributed by atoms with Gasteiger partial charge in [0.15, 0.2) is 0 Å². The van der Waals surface area contributed by atoms with E-state index in [1.54, 1.807) is 26.1 Å². The fourth-order valence-electron chi connectivity index (χ4n) is 4.17. The predicted octanol–water partition coefficient (Wildman–Crippen LogP) is 1.10. The molecule has 10 heteroatoms. The smallest absolute Gasteiger partial charge is 0.315 e. The number of amides is 5. The van der Waals surface area contributed by atoms with Gasteiger partial charge in [0.1, 0.15) is 12.1 Å². The van der Waals surface area contributed by atoms with Crippen molar-refractivity contribution in [3.8, 4) is 0 Å². The van der Waals surface area contributed by atoms with Crippen molar-refractivity contribution in [2.24, 2.45) is 5.73 Å². The van der Waals surface area contributed by atoms with Gasteiger partial charge in [-0.15, -0.1) is 6.58 Å². The highest BCUT2D eigenvalue weighted by Gasteiger charge is 2.40. The Morgan fingerprint density at radius 2 is 2.00 bits per heavy atom. The number of urea groups is 1. The van der Waals surface area contributed by atoms with E-state index in [2.05, 4.69) is 27.5 Å². The molecular formula is C25H32N6O4. The van der Waals surface area contributed by atoms with E-state index >= 15 is 0 Å². The molecule has 2 aromatic rings. The minimum Gasteiger partial charge on any atom is -0.368 e. The van der Waals surface area contributed by atoms with Crippen LogP contribution in [0, 0.1) is 0 Å². The molecule has 35 heavy (non-hydrogen) atoms. The second kappa shape index (κ2) is 11.4. The number of para-hydroxylation sites is 1. The van der Waals surface area contributed by atoms with Crippen LogP contribution >= 0.6 is 0 Å². The summed E-state index contributed by atoms with van der Waals surface area (Å²) < 4.78 is 0. The summed E-state index contributed by atoms with van der Waals surface area (Å²) in [5, 5.41) is 9.06. The van der Waals surface area contributed by atoms with Crippen molar-refractivity contribution in [3.63, 3.8) is 0 Å². The molecule has 0 saturated carbocycles. The molecule has 6 N–H and O–H groups in total. The molecule has 0 aliphatic carbocycles. The summed E-state index contributed by atoms with van der Waals surface area (Å²) in [6.07, 6.45) is 5.18. The molecule has 3 atom stereocenters. The fraction of sp³-hybridized carbons (Fsp3) is 0.360. The number of carbonyl (C=O) groups is 4. The minimum atomic E-state index is -0.968. The highest BCUT2D eigenvalue weighted by Crippen LogP contribution is 2.21. The van der Waals surface area contributed by atoms with Crippen LogP contribution in [-0.4, -0.2) is 64.9 Å². The number of aromatic amines is 1. The third kappa shape index (κ3) is 6.50. The Kier molecular flexibility index (Phi) is 8.30. The highest BCUT2D eigenvalue weighted by molar-refractivity contribution is 5.96. The van der Waals surface area contributed by atoms with Crippen molar-refractivity contribution in [2.75, 3.05) is 13.1 Å². The molecule has 2 heterocycles. The van der Waals surface area contributed by atoms with E-state index in [4.69, 9.17) is 5.73 Å². The number of benzene rings is 1. The minimum absolute atomic E-state index is 0.159. The number of allylic oxidation sites excluding steroid dienone is 1. The number of rotatable bonds is 9. The molecule has 1 saturated heterocycles. The molecule has 1 aromatic heterocycles. The number of hydrogen-bond donors (Lipinski definition) is 5. The van der Waals surface area contributed by atoms with Gasteiger partial charge < -0.3 is 31.6 Å². The van der Waals surface area contributed by atoms with Gasteiger partial charge in [-0.05, 0) is 31.9 Å². The van der Waals surface area contributed by atoms with E-state index in [0.717, 1.165) is 22.0 Å². The maximum absolute atomic E-state index is 13.3. The topological polar surface area (TPSA) is 149 Å². The van der Waals surface area contributed by atoms with Crippen molar-refractivity contribution in [3.05, 3.63) is 60.3 Å². The lowest BCUT2D eigenvalue weighted by Gasteiger charge is -2.25. The Hall–Kier alpha value is -4.08. The van der Waals surface area contributed by atoms with Gasteiger partial charge >= 0.3 is 6.03 Å². The van der Waals surface area contributed by atoms with Crippen LogP contribution in [0.1, 0.15) is 25.8 Å². The van der Waals surface area contributed by atoms with Gasteiger partial charge in [-0.1, -0.05) is 29.8 Å². The Morgan fingerprint density at radius 1 is 1.26 bits per heavy atom. The molecule has 1 aliphatic heterocycles. The zero-order chi connectivity index (χ0) is 25.5. The zero-order valence-corrected chi connectivity index (χ0v) is 20.0. The first-order valence-corrected chi connectivity index (χ1v) is 11.4. The van der Waals surface area contributed by atoms with E-state index in [-0.39, 0.29) is 31.8 Å². The number of H-pyrrole nitrogens is 1. The Morgan fingerprint density at radius 3 is 2.69 bits per heavy atom. The lowest BCUT2D eigenvalue weighted by Crippen LogP contribution is -2.52. The normalized spacial score (nSPS) is 17.9. The van der Waals surface area contributed by atoms with Crippen molar-refractivity contribution in [1.29, 1.82) is 0 Å². The van der Waals surface area contributed by atoms with Crippen molar-refractivity contribution >= 4 is 34.7 Å². The van der Waals surface area contributed by atoms with Crippen molar-refractivity contribution in [1.82, 2.24) is 25.8 Å². The van der Waals surface area contributed by atoms with Gasteiger partial charge in [-0.3, -0.25) is 14.4 Å². The fourth-order valence-corrected chi connectivity index (χ4v) is 4.17. The first-order valence-electron chi connectivity index (χ1n) is 11.4. The molecule has 186 valence electrons. The number of nitrogens with zero attached hydrogens (tertiary/aromatic N) is 1. The number of nitrogens with one attached hydrogen (secondary N) is 4. The molecule has 0 radical (unpaired) electrons. The van der Waals surface area contributed by atoms with Crippen LogP contribution in [-0.2, 0) is 20.8 Å². The van der Waals surface area contributed by atoms with Crippen LogP contribution in [0.2, 0.25) is 0 Å². The Bertz CT molecular complexity index is 1150. The van der Waals surface area contributed by atoms with Gasteiger partial charge in [0, 0.05) is 42.7 Å². The molecule has 0 bridgehead atoms. The van der Waals surface area contributed by atoms with E-state index in [0.29, 0.717) is 0 Å². The quantitative estimate of drug-likeness (QED) is 0.270. The second-order valence-corrected chi connectivity index (χ2v) is 8.83. The molecule has 1 fully saturated rings. The molecule has 0 unspecified atom stereocenters. The van der Waals surface area contributed by atoms with Crippen molar-refractivity contribution < 1.29 is 19.2 Å².